The molecule has 1 saturated heterocycles. The Bertz CT molecular complexity index is 712. The Labute approximate surface area is 126 Å². The zero-order chi connectivity index (χ0) is 15.5. The topological polar surface area (TPSA) is 99.8 Å². The van der Waals surface area contributed by atoms with Crippen molar-refractivity contribution >= 4 is 23.3 Å². The zero-order valence-corrected chi connectivity index (χ0v) is 12.0. The molecule has 0 bridgehead atoms. The van der Waals surface area contributed by atoms with Gasteiger partial charge in [0.15, 0.2) is 11.3 Å². The Morgan fingerprint density at radius 2 is 2.27 bits per heavy atom. The second kappa shape index (κ2) is 6.00. The van der Waals surface area contributed by atoms with Crippen molar-refractivity contribution in [2.75, 3.05) is 25.0 Å². The molecular formula is C14H17N5O3. The average Bonchev–Trinajstić information content (AvgIpc) is 3.09. The van der Waals surface area contributed by atoms with E-state index in [4.69, 9.17) is 5.11 Å². The first kappa shape index (κ1) is 14.3. The molecule has 2 aromatic heterocycles. The lowest BCUT2D eigenvalue weighted by Crippen LogP contribution is -2.27. The van der Waals surface area contributed by atoms with Crippen LogP contribution in [-0.2, 0) is 4.79 Å². The van der Waals surface area contributed by atoms with Crippen LogP contribution in [0, 0.1) is 0 Å². The predicted molar refractivity (Wildman–Crippen MR) is 78.9 cm³/mol. The van der Waals surface area contributed by atoms with Gasteiger partial charge in [-0.15, -0.1) is 5.10 Å². The largest absolute Gasteiger partial charge is 0.476 e. The summed E-state index contributed by atoms with van der Waals surface area (Å²) in [5.74, 6) is -0.191. The number of hydrogen-bond donors (Lipinski definition) is 2. The van der Waals surface area contributed by atoms with Gasteiger partial charge in [-0.1, -0.05) is 0 Å². The summed E-state index contributed by atoms with van der Waals surface area (Å²) in [7, 11) is 0. The van der Waals surface area contributed by atoms with Crippen molar-refractivity contribution in [2.45, 2.75) is 19.3 Å². The van der Waals surface area contributed by atoms with Gasteiger partial charge < -0.3 is 15.3 Å². The molecule has 2 aromatic rings. The lowest BCUT2D eigenvalue weighted by Gasteiger charge is -2.15. The van der Waals surface area contributed by atoms with Crippen molar-refractivity contribution < 1.29 is 14.7 Å². The second-order valence-corrected chi connectivity index (χ2v) is 5.22. The number of carbonyl (C=O) groups is 2. The molecule has 0 aromatic carbocycles. The first-order valence-electron chi connectivity index (χ1n) is 7.25. The van der Waals surface area contributed by atoms with E-state index < -0.39 is 5.97 Å². The fourth-order valence-corrected chi connectivity index (χ4v) is 2.51. The minimum absolute atomic E-state index is 0.0304. The summed E-state index contributed by atoms with van der Waals surface area (Å²) in [5, 5.41) is 16.3. The molecule has 1 fully saturated rings. The molecule has 1 amide bonds. The normalized spacial score (nSPS) is 14.7. The highest BCUT2D eigenvalue weighted by molar-refractivity contribution is 5.86. The smallest absolute Gasteiger partial charge is 0.356 e. The van der Waals surface area contributed by atoms with Crippen LogP contribution in [0.5, 0.6) is 0 Å². The summed E-state index contributed by atoms with van der Waals surface area (Å²) in [6.07, 6.45) is 3.84. The van der Waals surface area contributed by atoms with E-state index in [1.807, 2.05) is 4.90 Å². The Hall–Kier alpha value is -2.64. The van der Waals surface area contributed by atoms with E-state index >= 15 is 0 Å². The van der Waals surface area contributed by atoms with Crippen molar-refractivity contribution in [3.8, 4) is 0 Å². The number of carbonyl (C=O) groups excluding carboxylic acids is 1. The molecule has 3 heterocycles. The van der Waals surface area contributed by atoms with E-state index in [1.54, 1.807) is 12.1 Å². The second-order valence-electron chi connectivity index (χ2n) is 5.22. The number of carboxylic acids is 1. The number of aromatic carboxylic acids is 1. The van der Waals surface area contributed by atoms with Crippen molar-refractivity contribution in [3.05, 3.63) is 24.0 Å². The third-order valence-electron chi connectivity index (χ3n) is 3.62. The summed E-state index contributed by atoms with van der Waals surface area (Å²) in [6, 6.07) is 3.47. The molecular weight excluding hydrogens is 286 g/mol. The van der Waals surface area contributed by atoms with Gasteiger partial charge in [0, 0.05) is 26.1 Å². The lowest BCUT2D eigenvalue weighted by molar-refractivity contribution is -0.127. The minimum Gasteiger partial charge on any atom is -0.476 e. The van der Waals surface area contributed by atoms with Crippen molar-refractivity contribution in [2.24, 2.45) is 0 Å². The van der Waals surface area contributed by atoms with Gasteiger partial charge in [-0.3, -0.25) is 4.79 Å². The molecule has 0 saturated carbocycles. The number of imidazole rings is 1. The number of rotatable bonds is 6. The van der Waals surface area contributed by atoms with Gasteiger partial charge in [0.1, 0.15) is 5.82 Å². The summed E-state index contributed by atoms with van der Waals surface area (Å²) >= 11 is 0. The first-order chi connectivity index (χ1) is 10.6. The van der Waals surface area contributed by atoms with Crippen LogP contribution in [0.2, 0.25) is 0 Å². The summed E-state index contributed by atoms with van der Waals surface area (Å²) < 4.78 is 1.44. The average molecular weight is 303 g/mol. The number of carboxylic acid groups (broad SMARTS) is 1. The highest BCUT2D eigenvalue weighted by Crippen LogP contribution is 2.11. The van der Waals surface area contributed by atoms with Crippen molar-refractivity contribution in [1.82, 2.24) is 19.5 Å². The third-order valence-corrected chi connectivity index (χ3v) is 3.62. The van der Waals surface area contributed by atoms with Gasteiger partial charge in [-0.25, -0.2) is 14.3 Å². The summed E-state index contributed by atoms with van der Waals surface area (Å²) in [5.41, 5.74) is 0.461. The van der Waals surface area contributed by atoms with Crippen LogP contribution in [0.1, 0.15) is 29.8 Å². The standard InChI is InChI=1S/C14H17N5O3/c20-13-3-1-7-18(13)8-2-6-15-11-4-5-12-16-10(14(21)22)9-19(12)17-11/h4-5,9H,1-3,6-8H2,(H,15,17)(H,21,22). The lowest BCUT2D eigenvalue weighted by atomic mass is 10.4. The molecule has 22 heavy (non-hydrogen) atoms. The van der Waals surface area contributed by atoms with Crippen molar-refractivity contribution in [3.63, 3.8) is 0 Å². The molecule has 8 nitrogen and oxygen atoms in total. The number of nitrogens with one attached hydrogen (secondary N) is 1. The van der Waals surface area contributed by atoms with Crippen LogP contribution in [-0.4, -0.2) is 56.1 Å². The number of anilines is 1. The number of fused-ring (bicyclic) bond motifs is 1. The maximum absolute atomic E-state index is 11.5. The fraction of sp³-hybridized carbons (Fsp3) is 0.429. The molecule has 0 radical (unpaired) electrons. The van der Waals surface area contributed by atoms with Gasteiger partial charge in [-0.05, 0) is 25.0 Å². The summed E-state index contributed by atoms with van der Waals surface area (Å²) in [4.78, 5) is 28.2. The van der Waals surface area contributed by atoms with Crippen LogP contribution in [0.4, 0.5) is 5.82 Å². The molecule has 0 spiro atoms. The van der Waals surface area contributed by atoms with Crippen LogP contribution >= 0.6 is 0 Å². The van der Waals surface area contributed by atoms with E-state index in [1.165, 1.54) is 10.7 Å². The van der Waals surface area contributed by atoms with E-state index in [9.17, 15) is 9.59 Å². The molecule has 1 aliphatic heterocycles. The van der Waals surface area contributed by atoms with E-state index in [2.05, 4.69) is 15.4 Å². The molecule has 3 rings (SSSR count). The Kier molecular flexibility index (Phi) is 3.90. The number of hydrogen-bond acceptors (Lipinski definition) is 5. The highest BCUT2D eigenvalue weighted by atomic mass is 16.4. The van der Waals surface area contributed by atoms with E-state index in [0.29, 0.717) is 24.4 Å². The highest BCUT2D eigenvalue weighted by Gasteiger charge is 2.18. The maximum Gasteiger partial charge on any atom is 0.356 e. The number of likely N-dealkylation sites (tertiary alicyclic amines) is 1. The zero-order valence-electron chi connectivity index (χ0n) is 12.0. The van der Waals surface area contributed by atoms with Crippen LogP contribution < -0.4 is 5.32 Å². The molecule has 8 heteroatoms. The first-order valence-corrected chi connectivity index (χ1v) is 7.25. The number of aromatic nitrogens is 3. The van der Waals surface area contributed by atoms with Gasteiger partial charge in [0.25, 0.3) is 0 Å². The Morgan fingerprint density at radius 1 is 1.41 bits per heavy atom. The number of amides is 1. The molecule has 0 atom stereocenters. The monoisotopic (exact) mass is 303 g/mol. The van der Waals surface area contributed by atoms with E-state index in [0.717, 1.165) is 25.9 Å². The van der Waals surface area contributed by atoms with E-state index in [-0.39, 0.29) is 11.6 Å². The quantitative estimate of drug-likeness (QED) is 0.768. The number of nitrogens with zero attached hydrogens (tertiary/aromatic N) is 4. The molecule has 0 aliphatic carbocycles. The third kappa shape index (κ3) is 3.00. The Balaban J connectivity index is 1.55. The van der Waals surface area contributed by atoms with Gasteiger partial charge in [0.05, 0.1) is 6.20 Å². The summed E-state index contributed by atoms with van der Waals surface area (Å²) in [6.45, 7) is 2.31. The van der Waals surface area contributed by atoms with Crippen LogP contribution in [0.25, 0.3) is 5.65 Å². The van der Waals surface area contributed by atoms with Crippen LogP contribution in [0.15, 0.2) is 18.3 Å². The SMILES string of the molecule is O=C(O)c1cn2nc(NCCCN3CCCC3=O)ccc2n1. The van der Waals surface area contributed by atoms with Gasteiger partial charge in [0.2, 0.25) is 5.91 Å². The molecule has 116 valence electrons. The molecule has 2 N–H and O–H groups in total. The molecule has 0 unspecified atom stereocenters. The van der Waals surface area contributed by atoms with Crippen molar-refractivity contribution in [1.29, 1.82) is 0 Å². The molecule has 1 aliphatic rings. The maximum atomic E-state index is 11.5. The fourth-order valence-electron chi connectivity index (χ4n) is 2.51. The van der Waals surface area contributed by atoms with Gasteiger partial charge >= 0.3 is 5.97 Å². The minimum atomic E-state index is -1.07. The van der Waals surface area contributed by atoms with Gasteiger partial charge in [-0.2, -0.15) is 0 Å². The Morgan fingerprint density at radius 3 is 3.00 bits per heavy atom. The predicted octanol–water partition coefficient (Wildman–Crippen LogP) is 0.852. The van der Waals surface area contributed by atoms with Crippen LogP contribution in [0.3, 0.4) is 0 Å².